The number of hydrogen-bond acceptors (Lipinski definition) is 3. The van der Waals surface area contributed by atoms with Crippen LogP contribution in [0.3, 0.4) is 0 Å². The van der Waals surface area contributed by atoms with Crippen LogP contribution in [0.25, 0.3) is 0 Å². The summed E-state index contributed by atoms with van der Waals surface area (Å²) in [6.07, 6.45) is 1.03. The van der Waals surface area contributed by atoms with Crippen molar-refractivity contribution in [2.24, 2.45) is 11.8 Å². The van der Waals surface area contributed by atoms with Crippen LogP contribution in [0.15, 0.2) is 24.3 Å². The molecule has 0 spiro atoms. The Morgan fingerprint density at radius 2 is 1.74 bits per heavy atom. The molecular formula is C16H27NO2. The molecule has 0 aliphatic heterocycles. The molecule has 108 valence electrons. The average Bonchev–Trinajstić information content (AvgIpc) is 2.39. The Kier molecular flexibility index (Phi) is 7.53. The van der Waals surface area contributed by atoms with Crippen molar-refractivity contribution in [3.63, 3.8) is 0 Å². The summed E-state index contributed by atoms with van der Waals surface area (Å²) < 4.78 is 10.5. The lowest BCUT2D eigenvalue weighted by molar-refractivity contribution is 0.150. The largest absolute Gasteiger partial charge is 0.497 e. The number of ether oxygens (including phenoxy) is 2. The Labute approximate surface area is 117 Å². The summed E-state index contributed by atoms with van der Waals surface area (Å²) in [5.74, 6) is 2.10. The lowest BCUT2D eigenvalue weighted by Gasteiger charge is -2.18. The molecule has 1 N–H and O–H groups in total. The molecule has 0 aliphatic carbocycles. The summed E-state index contributed by atoms with van der Waals surface area (Å²) >= 11 is 0. The average molecular weight is 265 g/mol. The number of nitrogens with one attached hydrogen (secondary N) is 1. The van der Waals surface area contributed by atoms with Gasteiger partial charge in [0.2, 0.25) is 0 Å². The van der Waals surface area contributed by atoms with Gasteiger partial charge >= 0.3 is 0 Å². The van der Waals surface area contributed by atoms with Gasteiger partial charge in [0, 0.05) is 13.7 Å². The van der Waals surface area contributed by atoms with Crippen molar-refractivity contribution in [2.75, 3.05) is 33.9 Å². The molecule has 0 fully saturated rings. The van der Waals surface area contributed by atoms with Gasteiger partial charge in [0.25, 0.3) is 0 Å². The summed E-state index contributed by atoms with van der Waals surface area (Å²) in [4.78, 5) is 0. The quantitative estimate of drug-likeness (QED) is 0.745. The third kappa shape index (κ3) is 6.60. The summed E-state index contributed by atoms with van der Waals surface area (Å²) in [5, 5.41) is 3.51. The SMILES string of the molecule is COCC(CNCC(C)C)Cc1ccc(OC)cc1. The third-order valence-electron chi connectivity index (χ3n) is 3.07. The van der Waals surface area contributed by atoms with E-state index < -0.39 is 0 Å². The van der Waals surface area contributed by atoms with Crippen molar-refractivity contribution >= 4 is 0 Å². The maximum atomic E-state index is 5.31. The molecule has 0 amide bonds. The summed E-state index contributed by atoms with van der Waals surface area (Å²) in [5.41, 5.74) is 1.33. The molecule has 1 rings (SSSR count). The minimum Gasteiger partial charge on any atom is -0.497 e. The molecule has 0 saturated carbocycles. The van der Waals surface area contributed by atoms with Gasteiger partial charge in [-0.3, -0.25) is 0 Å². The lowest BCUT2D eigenvalue weighted by atomic mass is 9.99. The van der Waals surface area contributed by atoms with Gasteiger partial charge in [-0.1, -0.05) is 26.0 Å². The highest BCUT2D eigenvalue weighted by molar-refractivity contribution is 5.27. The fourth-order valence-electron chi connectivity index (χ4n) is 2.10. The van der Waals surface area contributed by atoms with Crippen LogP contribution in [0, 0.1) is 11.8 Å². The number of hydrogen-bond donors (Lipinski definition) is 1. The van der Waals surface area contributed by atoms with Gasteiger partial charge in [-0.15, -0.1) is 0 Å². The number of benzene rings is 1. The molecule has 3 nitrogen and oxygen atoms in total. The predicted octanol–water partition coefficient (Wildman–Crippen LogP) is 2.75. The monoisotopic (exact) mass is 265 g/mol. The van der Waals surface area contributed by atoms with Crippen LogP contribution in [0.5, 0.6) is 5.75 Å². The Morgan fingerprint density at radius 1 is 1.05 bits per heavy atom. The van der Waals surface area contributed by atoms with E-state index in [1.54, 1.807) is 14.2 Å². The van der Waals surface area contributed by atoms with Crippen LogP contribution < -0.4 is 10.1 Å². The summed E-state index contributed by atoms with van der Waals surface area (Å²) in [6, 6.07) is 8.29. The highest BCUT2D eigenvalue weighted by Crippen LogP contribution is 2.14. The first-order valence-electron chi connectivity index (χ1n) is 6.98. The van der Waals surface area contributed by atoms with Gasteiger partial charge < -0.3 is 14.8 Å². The molecule has 0 saturated heterocycles. The van der Waals surface area contributed by atoms with Gasteiger partial charge in [0.1, 0.15) is 5.75 Å². The minimum absolute atomic E-state index is 0.511. The van der Waals surface area contributed by atoms with E-state index in [1.165, 1.54) is 5.56 Å². The second-order valence-electron chi connectivity index (χ2n) is 5.43. The first kappa shape index (κ1) is 16.0. The van der Waals surface area contributed by atoms with Gasteiger partial charge in [-0.05, 0) is 42.5 Å². The minimum atomic E-state index is 0.511. The van der Waals surface area contributed by atoms with E-state index in [0.29, 0.717) is 11.8 Å². The van der Waals surface area contributed by atoms with Crippen molar-refractivity contribution in [1.82, 2.24) is 5.32 Å². The number of methoxy groups -OCH3 is 2. The maximum Gasteiger partial charge on any atom is 0.118 e. The van der Waals surface area contributed by atoms with E-state index in [9.17, 15) is 0 Å². The van der Waals surface area contributed by atoms with E-state index in [2.05, 4.69) is 31.3 Å². The highest BCUT2D eigenvalue weighted by atomic mass is 16.5. The Morgan fingerprint density at radius 3 is 2.26 bits per heavy atom. The first-order chi connectivity index (χ1) is 9.15. The Balaban J connectivity index is 2.46. The molecular weight excluding hydrogens is 238 g/mol. The fraction of sp³-hybridized carbons (Fsp3) is 0.625. The van der Waals surface area contributed by atoms with E-state index in [4.69, 9.17) is 9.47 Å². The molecule has 1 unspecified atom stereocenters. The third-order valence-corrected chi connectivity index (χ3v) is 3.07. The Hall–Kier alpha value is -1.06. The van der Waals surface area contributed by atoms with Crippen LogP contribution >= 0.6 is 0 Å². The first-order valence-corrected chi connectivity index (χ1v) is 6.98. The second kappa shape index (κ2) is 8.94. The van der Waals surface area contributed by atoms with Gasteiger partial charge in [-0.2, -0.15) is 0 Å². The van der Waals surface area contributed by atoms with Crippen LogP contribution in [-0.2, 0) is 11.2 Å². The van der Waals surface area contributed by atoms with Crippen LogP contribution in [0.4, 0.5) is 0 Å². The molecule has 0 heterocycles. The molecule has 0 aromatic heterocycles. The van der Waals surface area contributed by atoms with Crippen molar-refractivity contribution in [3.05, 3.63) is 29.8 Å². The number of rotatable bonds is 9. The smallest absolute Gasteiger partial charge is 0.118 e. The zero-order chi connectivity index (χ0) is 14.1. The molecule has 3 heteroatoms. The van der Waals surface area contributed by atoms with Crippen molar-refractivity contribution in [2.45, 2.75) is 20.3 Å². The molecule has 19 heavy (non-hydrogen) atoms. The van der Waals surface area contributed by atoms with E-state index >= 15 is 0 Å². The molecule has 1 atom stereocenters. The van der Waals surface area contributed by atoms with Gasteiger partial charge in [0.05, 0.1) is 13.7 Å². The van der Waals surface area contributed by atoms with Crippen molar-refractivity contribution in [3.8, 4) is 5.75 Å². The predicted molar refractivity (Wildman–Crippen MR) is 79.8 cm³/mol. The van der Waals surface area contributed by atoms with E-state index in [0.717, 1.165) is 31.9 Å². The van der Waals surface area contributed by atoms with E-state index in [1.807, 2.05) is 12.1 Å². The van der Waals surface area contributed by atoms with Gasteiger partial charge in [-0.25, -0.2) is 0 Å². The standard InChI is InChI=1S/C16H27NO2/c1-13(2)10-17-11-15(12-18-3)9-14-5-7-16(19-4)8-6-14/h5-8,13,15,17H,9-12H2,1-4H3. The van der Waals surface area contributed by atoms with Gasteiger partial charge in [0.15, 0.2) is 0 Å². The van der Waals surface area contributed by atoms with Crippen molar-refractivity contribution < 1.29 is 9.47 Å². The lowest BCUT2D eigenvalue weighted by Crippen LogP contribution is -2.29. The fourth-order valence-corrected chi connectivity index (χ4v) is 2.10. The van der Waals surface area contributed by atoms with E-state index in [-0.39, 0.29) is 0 Å². The molecule has 0 bridgehead atoms. The molecule has 0 aliphatic rings. The maximum absolute atomic E-state index is 5.31. The summed E-state index contributed by atoms with van der Waals surface area (Å²) in [7, 11) is 3.46. The van der Waals surface area contributed by atoms with Crippen LogP contribution in [-0.4, -0.2) is 33.9 Å². The molecule has 1 aromatic rings. The highest BCUT2D eigenvalue weighted by Gasteiger charge is 2.10. The second-order valence-corrected chi connectivity index (χ2v) is 5.43. The molecule has 0 radical (unpaired) electrons. The molecule has 1 aromatic carbocycles. The normalized spacial score (nSPS) is 12.7. The van der Waals surface area contributed by atoms with Crippen LogP contribution in [0.2, 0.25) is 0 Å². The zero-order valence-electron chi connectivity index (χ0n) is 12.6. The summed E-state index contributed by atoms with van der Waals surface area (Å²) in [6.45, 7) is 7.29. The van der Waals surface area contributed by atoms with Crippen LogP contribution in [0.1, 0.15) is 19.4 Å². The topological polar surface area (TPSA) is 30.5 Å². The zero-order valence-corrected chi connectivity index (χ0v) is 12.6. The Bertz CT molecular complexity index is 335. The van der Waals surface area contributed by atoms with Crippen molar-refractivity contribution in [1.29, 1.82) is 0 Å².